The number of hydrogen-bond donors (Lipinski definition) is 0. The number of furan rings is 2. The summed E-state index contributed by atoms with van der Waals surface area (Å²) in [6.45, 7) is 17.3. The van der Waals surface area contributed by atoms with E-state index in [1.54, 1.807) is 0 Å². The molecule has 0 unspecified atom stereocenters. The van der Waals surface area contributed by atoms with Crippen molar-refractivity contribution < 1.29 is 18.3 Å². The van der Waals surface area contributed by atoms with Crippen LogP contribution in [0.3, 0.4) is 0 Å². The van der Waals surface area contributed by atoms with Crippen LogP contribution < -0.4 is 35.7 Å². The summed E-state index contributed by atoms with van der Waals surface area (Å²) in [5.74, 6) is 3.13. The zero-order valence-electron chi connectivity index (χ0n) is 41.4. The van der Waals surface area contributed by atoms with Crippen molar-refractivity contribution in [1.29, 1.82) is 0 Å². The number of anilines is 6. The Morgan fingerprint density at radius 3 is 1.54 bits per heavy atom. The SMILES string of the molecule is Cc1cc2c3c(c1)N(c1cc4c(cc1-c1ccccc1)OCCCO4)c1ccc(C(C)(C)C)cc1B3c1cc(C(C)(C)C)ccc1N2c1cc(-c2cc3ccccc3o2)cc(-c2cc3ccccc3o2)c1. The normalized spacial score (nSPS) is 14.1. The summed E-state index contributed by atoms with van der Waals surface area (Å²) in [7, 11) is 0. The Kier molecular flexibility index (Phi) is 9.77. The third-order valence-electron chi connectivity index (χ3n) is 14.7. The second-order valence-electron chi connectivity index (χ2n) is 21.7. The molecule has 3 aliphatic rings. The largest absolute Gasteiger partial charge is 0.490 e. The lowest BCUT2D eigenvalue weighted by molar-refractivity contribution is 0.297. The molecule has 348 valence electrons. The molecule has 0 amide bonds. The van der Waals surface area contributed by atoms with Crippen molar-refractivity contribution in [3.63, 3.8) is 0 Å². The van der Waals surface area contributed by atoms with E-state index in [0.717, 1.165) is 113 Å². The molecule has 0 aliphatic carbocycles. The molecule has 5 heterocycles. The van der Waals surface area contributed by atoms with Crippen LogP contribution in [0.15, 0.2) is 179 Å². The third-order valence-corrected chi connectivity index (χ3v) is 14.7. The molecule has 0 saturated carbocycles. The fourth-order valence-electron chi connectivity index (χ4n) is 11.1. The summed E-state index contributed by atoms with van der Waals surface area (Å²) < 4.78 is 26.3. The number of ether oxygens (including phenoxy) is 2. The van der Waals surface area contributed by atoms with Gasteiger partial charge in [0.25, 0.3) is 6.71 Å². The smallest absolute Gasteiger partial charge is 0.252 e. The molecular formula is C64H55BN2O4. The number of para-hydroxylation sites is 2. The van der Waals surface area contributed by atoms with E-state index in [4.69, 9.17) is 18.3 Å². The Bertz CT molecular complexity index is 3600. The van der Waals surface area contributed by atoms with Crippen LogP contribution in [0.2, 0.25) is 0 Å². The maximum Gasteiger partial charge on any atom is 0.252 e. The van der Waals surface area contributed by atoms with Gasteiger partial charge in [-0.1, -0.05) is 133 Å². The Balaban J connectivity index is 1.13. The third kappa shape index (κ3) is 7.23. The van der Waals surface area contributed by atoms with Gasteiger partial charge in [-0.15, -0.1) is 0 Å². The molecule has 3 aliphatic heterocycles. The molecule has 0 fully saturated rings. The summed E-state index contributed by atoms with van der Waals surface area (Å²) in [6, 6.07) is 61.9. The lowest BCUT2D eigenvalue weighted by atomic mass is 9.33. The molecule has 2 aromatic heterocycles. The number of hydrogen-bond acceptors (Lipinski definition) is 6. The minimum absolute atomic E-state index is 0.0864. The van der Waals surface area contributed by atoms with Gasteiger partial charge in [0.15, 0.2) is 11.5 Å². The average molecular weight is 927 g/mol. The second-order valence-corrected chi connectivity index (χ2v) is 21.7. The van der Waals surface area contributed by atoms with E-state index >= 15 is 0 Å². The zero-order chi connectivity index (χ0) is 48.3. The van der Waals surface area contributed by atoms with Crippen LogP contribution in [-0.4, -0.2) is 19.9 Å². The van der Waals surface area contributed by atoms with Crippen molar-refractivity contribution in [3.8, 4) is 45.3 Å². The van der Waals surface area contributed by atoms with Gasteiger partial charge in [0.1, 0.15) is 22.7 Å². The van der Waals surface area contributed by atoms with Gasteiger partial charge in [-0.3, -0.25) is 0 Å². The highest BCUT2D eigenvalue weighted by Crippen LogP contribution is 2.51. The van der Waals surface area contributed by atoms with E-state index in [1.165, 1.54) is 27.5 Å². The predicted octanol–water partition coefficient (Wildman–Crippen LogP) is 15.3. The molecule has 0 N–H and O–H groups in total. The summed E-state index contributed by atoms with van der Waals surface area (Å²) in [4.78, 5) is 5.02. The molecule has 0 radical (unpaired) electrons. The van der Waals surface area contributed by atoms with Gasteiger partial charge < -0.3 is 28.1 Å². The van der Waals surface area contributed by atoms with E-state index in [2.05, 4.69) is 204 Å². The number of aryl methyl sites for hydroxylation is 1. The first-order chi connectivity index (χ1) is 34.3. The standard InChI is InChI=1S/C64H55BN2O4/c1-39-28-54-62-55(29-39)67(53-38-61-60(68-26-15-27-69-61)37-48(53)40-16-9-8-10-17-40)52-25-23-46(64(5,6)7)36-50(52)65(62)49-35-45(63(2,3)4)22-24-51(49)66(54)47-31-43(58-33-41-18-11-13-20-56(41)70-58)30-44(32-47)59-34-42-19-12-14-21-57(42)71-59/h8-14,16-25,28-38H,15,26-27H2,1-7H3. The minimum Gasteiger partial charge on any atom is -0.490 e. The number of nitrogens with zero attached hydrogens (tertiary/aromatic N) is 2. The molecule has 6 nitrogen and oxygen atoms in total. The first kappa shape index (κ1) is 43.1. The molecule has 10 aromatic rings. The molecule has 0 bridgehead atoms. The molecule has 71 heavy (non-hydrogen) atoms. The van der Waals surface area contributed by atoms with Gasteiger partial charge in [0.05, 0.1) is 18.9 Å². The fourth-order valence-corrected chi connectivity index (χ4v) is 11.1. The number of benzene rings is 8. The van der Waals surface area contributed by atoms with Crippen molar-refractivity contribution in [2.45, 2.75) is 65.7 Å². The van der Waals surface area contributed by atoms with Gasteiger partial charge in [-0.05, 0) is 129 Å². The van der Waals surface area contributed by atoms with E-state index in [9.17, 15) is 0 Å². The van der Waals surface area contributed by atoms with Crippen molar-refractivity contribution in [2.75, 3.05) is 23.0 Å². The Hall–Kier alpha value is -7.90. The van der Waals surface area contributed by atoms with Gasteiger partial charge in [-0.25, -0.2) is 0 Å². The van der Waals surface area contributed by atoms with Gasteiger partial charge in [-0.2, -0.15) is 0 Å². The molecule has 0 saturated heterocycles. The van der Waals surface area contributed by atoms with Gasteiger partial charge in [0.2, 0.25) is 0 Å². The number of rotatable bonds is 5. The van der Waals surface area contributed by atoms with E-state index in [1.807, 2.05) is 24.3 Å². The van der Waals surface area contributed by atoms with Crippen LogP contribution in [0.25, 0.3) is 55.7 Å². The highest BCUT2D eigenvalue weighted by molar-refractivity contribution is 7.00. The van der Waals surface area contributed by atoms with Gasteiger partial charge in [0, 0.05) is 68.4 Å². The minimum atomic E-state index is -0.1000. The van der Waals surface area contributed by atoms with Gasteiger partial charge >= 0.3 is 0 Å². The highest BCUT2D eigenvalue weighted by atomic mass is 16.5. The van der Waals surface area contributed by atoms with Crippen molar-refractivity contribution >= 4 is 79.2 Å². The molecular weight excluding hydrogens is 872 g/mol. The summed E-state index contributed by atoms with van der Waals surface area (Å²) in [5.41, 5.74) is 19.7. The van der Waals surface area contributed by atoms with E-state index in [-0.39, 0.29) is 17.5 Å². The Morgan fingerprint density at radius 1 is 0.451 bits per heavy atom. The Labute approximate surface area is 416 Å². The van der Waals surface area contributed by atoms with Crippen molar-refractivity contribution in [2.24, 2.45) is 0 Å². The summed E-state index contributed by atoms with van der Waals surface area (Å²) in [5, 5.41) is 2.12. The van der Waals surface area contributed by atoms with Crippen LogP contribution in [0.1, 0.15) is 64.7 Å². The molecule has 0 atom stereocenters. The monoisotopic (exact) mass is 926 g/mol. The molecule has 8 aromatic carbocycles. The molecule has 7 heteroatoms. The summed E-state index contributed by atoms with van der Waals surface area (Å²) >= 11 is 0. The maximum absolute atomic E-state index is 6.68. The second kappa shape index (κ2) is 16.1. The van der Waals surface area contributed by atoms with Crippen LogP contribution in [0.5, 0.6) is 11.5 Å². The van der Waals surface area contributed by atoms with Crippen LogP contribution in [0, 0.1) is 6.92 Å². The first-order valence-electron chi connectivity index (χ1n) is 25.0. The van der Waals surface area contributed by atoms with Crippen LogP contribution in [0.4, 0.5) is 34.1 Å². The topological polar surface area (TPSA) is 51.2 Å². The van der Waals surface area contributed by atoms with Crippen LogP contribution in [-0.2, 0) is 10.8 Å². The molecule has 0 spiro atoms. The predicted molar refractivity (Wildman–Crippen MR) is 294 cm³/mol. The van der Waals surface area contributed by atoms with Crippen LogP contribution >= 0.6 is 0 Å². The van der Waals surface area contributed by atoms with Crippen molar-refractivity contribution in [1.82, 2.24) is 0 Å². The maximum atomic E-state index is 6.68. The quantitative estimate of drug-likeness (QED) is 0.160. The van der Waals surface area contributed by atoms with Crippen molar-refractivity contribution in [3.05, 3.63) is 187 Å². The average Bonchev–Trinajstić information content (AvgIpc) is 3.94. The lowest BCUT2D eigenvalue weighted by Gasteiger charge is -2.45. The Morgan fingerprint density at radius 2 is 0.972 bits per heavy atom. The van der Waals surface area contributed by atoms with E-state index < -0.39 is 0 Å². The number of fused-ring (bicyclic) bond motifs is 7. The highest BCUT2D eigenvalue weighted by Gasteiger charge is 2.45. The summed E-state index contributed by atoms with van der Waals surface area (Å²) in [6.07, 6.45) is 0.821. The zero-order valence-corrected chi connectivity index (χ0v) is 41.4. The van der Waals surface area contributed by atoms with E-state index in [0.29, 0.717) is 13.2 Å². The lowest BCUT2D eigenvalue weighted by Crippen LogP contribution is -2.61. The molecule has 13 rings (SSSR count). The fraction of sp³-hybridized carbons (Fsp3) is 0.188. The first-order valence-corrected chi connectivity index (χ1v) is 25.0.